The summed E-state index contributed by atoms with van der Waals surface area (Å²) in [5, 5.41) is 8.43. The molecule has 3 N–H and O–H groups in total. The molecule has 1 fully saturated rings. The van der Waals surface area contributed by atoms with E-state index in [1.54, 1.807) is 10.7 Å². The highest BCUT2D eigenvalue weighted by Crippen LogP contribution is 2.29. The first-order valence-electron chi connectivity index (χ1n) is 7.61. The van der Waals surface area contributed by atoms with E-state index in [4.69, 9.17) is 17.3 Å². The van der Waals surface area contributed by atoms with E-state index in [-0.39, 0.29) is 11.5 Å². The average molecular weight is 320 g/mol. The molecule has 0 radical (unpaired) electrons. The number of hydrogen-bond donors (Lipinski definition) is 2. The quantitative estimate of drug-likeness (QED) is 0.850. The van der Waals surface area contributed by atoms with Crippen LogP contribution >= 0.6 is 11.6 Å². The SMILES string of the molecule is C=CC(C)(C)c1cc(N[C@H]2CC[C@H](N)C2)n2ncc(Cl)c2n1. The molecule has 0 aromatic carbocycles. The van der Waals surface area contributed by atoms with Gasteiger partial charge in [0.15, 0.2) is 5.65 Å². The predicted molar refractivity (Wildman–Crippen MR) is 90.5 cm³/mol. The molecule has 0 aliphatic heterocycles. The summed E-state index contributed by atoms with van der Waals surface area (Å²) in [5.74, 6) is 0.904. The first kappa shape index (κ1) is 15.3. The van der Waals surface area contributed by atoms with E-state index in [9.17, 15) is 0 Å². The molecule has 0 spiro atoms. The maximum atomic E-state index is 6.23. The highest BCUT2D eigenvalue weighted by atomic mass is 35.5. The maximum Gasteiger partial charge on any atom is 0.176 e. The molecule has 22 heavy (non-hydrogen) atoms. The number of rotatable bonds is 4. The van der Waals surface area contributed by atoms with Crippen molar-refractivity contribution in [3.05, 3.63) is 35.6 Å². The second kappa shape index (κ2) is 5.56. The maximum absolute atomic E-state index is 6.23. The van der Waals surface area contributed by atoms with Crippen LogP contribution < -0.4 is 11.1 Å². The van der Waals surface area contributed by atoms with Crippen molar-refractivity contribution in [2.75, 3.05) is 5.32 Å². The lowest BCUT2D eigenvalue weighted by Gasteiger charge is -2.22. The van der Waals surface area contributed by atoms with E-state index in [0.29, 0.717) is 16.7 Å². The zero-order valence-corrected chi connectivity index (χ0v) is 13.8. The summed E-state index contributed by atoms with van der Waals surface area (Å²) in [6, 6.07) is 2.67. The predicted octanol–water partition coefficient (Wildman–Crippen LogP) is 3.14. The van der Waals surface area contributed by atoms with Gasteiger partial charge in [-0.3, -0.25) is 0 Å². The van der Waals surface area contributed by atoms with Crippen molar-refractivity contribution in [3.8, 4) is 0 Å². The van der Waals surface area contributed by atoms with Crippen LogP contribution in [0, 0.1) is 0 Å². The van der Waals surface area contributed by atoms with Gasteiger partial charge in [0.25, 0.3) is 0 Å². The molecule has 0 bridgehead atoms. The summed E-state index contributed by atoms with van der Waals surface area (Å²) in [6.07, 6.45) is 6.61. The third-order valence-corrected chi connectivity index (χ3v) is 4.69. The lowest BCUT2D eigenvalue weighted by Crippen LogP contribution is -2.23. The number of fused-ring (bicyclic) bond motifs is 1. The summed E-state index contributed by atoms with van der Waals surface area (Å²) in [4.78, 5) is 4.66. The molecule has 1 aliphatic carbocycles. The Balaban J connectivity index is 2.05. The van der Waals surface area contributed by atoms with Gasteiger partial charge < -0.3 is 11.1 Å². The van der Waals surface area contributed by atoms with Crippen LogP contribution in [-0.2, 0) is 5.41 Å². The average Bonchev–Trinajstić information content (AvgIpc) is 3.06. The number of nitrogens with zero attached hydrogens (tertiary/aromatic N) is 3. The Morgan fingerprint density at radius 3 is 2.91 bits per heavy atom. The minimum Gasteiger partial charge on any atom is -0.367 e. The molecule has 2 aromatic heterocycles. The Bertz CT molecular complexity index is 706. The van der Waals surface area contributed by atoms with Gasteiger partial charge in [0.2, 0.25) is 0 Å². The van der Waals surface area contributed by atoms with Gasteiger partial charge >= 0.3 is 0 Å². The number of nitrogens with one attached hydrogen (secondary N) is 1. The number of allylic oxidation sites excluding steroid dienone is 1. The van der Waals surface area contributed by atoms with Crippen LogP contribution in [0.15, 0.2) is 24.9 Å². The second-order valence-electron chi connectivity index (χ2n) is 6.59. The summed E-state index contributed by atoms with van der Waals surface area (Å²) in [5.41, 5.74) is 7.35. The number of aromatic nitrogens is 3. The fourth-order valence-electron chi connectivity index (χ4n) is 2.83. The van der Waals surface area contributed by atoms with E-state index in [2.05, 4.69) is 35.8 Å². The van der Waals surface area contributed by atoms with E-state index in [1.807, 2.05) is 12.1 Å². The van der Waals surface area contributed by atoms with Crippen LogP contribution in [0.25, 0.3) is 5.65 Å². The van der Waals surface area contributed by atoms with Crippen molar-refractivity contribution >= 4 is 23.1 Å². The Morgan fingerprint density at radius 1 is 1.50 bits per heavy atom. The van der Waals surface area contributed by atoms with E-state index in [1.165, 1.54) is 0 Å². The third-order valence-electron chi connectivity index (χ3n) is 4.42. The molecule has 2 aromatic rings. The summed E-state index contributed by atoms with van der Waals surface area (Å²) in [6.45, 7) is 8.07. The van der Waals surface area contributed by atoms with Crippen molar-refractivity contribution < 1.29 is 0 Å². The largest absolute Gasteiger partial charge is 0.367 e. The van der Waals surface area contributed by atoms with Crippen LogP contribution in [0.2, 0.25) is 5.02 Å². The van der Waals surface area contributed by atoms with E-state index < -0.39 is 0 Å². The molecule has 1 aliphatic rings. The topological polar surface area (TPSA) is 68.2 Å². The zero-order valence-electron chi connectivity index (χ0n) is 13.0. The number of nitrogens with two attached hydrogens (primary N) is 1. The van der Waals surface area contributed by atoms with Gasteiger partial charge in [0.1, 0.15) is 10.8 Å². The van der Waals surface area contributed by atoms with Crippen LogP contribution in [-0.4, -0.2) is 26.7 Å². The first-order chi connectivity index (χ1) is 10.4. The first-order valence-corrected chi connectivity index (χ1v) is 7.99. The van der Waals surface area contributed by atoms with Crippen LogP contribution in [0.3, 0.4) is 0 Å². The molecule has 2 atom stereocenters. The van der Waals surface area contributed by atoms with Gasteiger partial charge in [-0.15, -0.1) is 6.58 Å². The highest BCUT2D eigenvalue weighted by molar-refractivity contribution is 6.33. The summed E-state index contributed by atoms with van der Waals surface area (Å²) in [7, 11) is 0. The van der Waals surface area contributed by atoms with Gasteiger partial charge in [0, 0.05) is 23.6 Å². The lowest BCUT2D eigenvalue weighted by molar-refractivity contribution is 0.641. The zero-order chi connectivity index (χ0) is 15.9. The smallest absolute Gasteiger partial charge is 0.176 e. The Labute approximate surface area is 135 Å². The Morgan fingerprint density at radius 2 is 2.27 bits per heavy atom. The van der Waals surface area contributed by atoms with Crippen LogP contribution in [0.1, 0.15) is 38.8 Å². The van der Waals surface area contributed by atoms with Crippen molar-refractivity contribution in [2.45, 2.75) is 50.6 Å². The fourth-order valence-corrected chi connectivity index (χ4v) is 3.00. The van der Waals surface area contributed by atoms with Gasteiger partial charge in [-0.25, -0.2) is 4.98 Å². The molecular weight excluding hydrogens is 298 g/mol. The minimum atomic E-state index is -0.238. The molecule has 2 heterocycles. The second-order valence-corrected chi connectivity index (χ2v) is 7.00. The van der Waals surface area contributed by atoms with E-state index >= 15 is 0 Å². The molecule has 1 saturated carbocycles. The molecule has 0 amide bonds. The van der Waals surface area contributed by atoms with Crippen LogP contribution in [0.4, 0.5) is 5.82 Å². The van der Waals surface area contributed by atoms with Crippen molar-refractivity contribution in [2.24, 2.45) is 5.73 Å². The number of hydrogen-bond acceptors (Lipinski definition) is 4. The fraction of sp³-hybridized carbons (Fsp3) is 0.500. The molecule has 0 saturated heterocycles. The molecular formula is C16H22ClN5. The standard InChI is InChI=1S/C16H22ClN5/c1-4-16(2,3)13-8-14(20-11-6-5-10(18)7-11)22-15(21-13)12(17)9-19-22/h4,8-11,20H,1,5-7,18H2,2-3H3/t10-,11-/m0/s1. The van der Waals surface area contributed by atoms with Crippen LogP contribution in [0.5, 0.6) is 0 Å². The monoisotopic (exact) mass is 319 g/mol. The normalized spacial score (nSPS) is 22.2. The highest BCUT2D eigenvalue weighted by Gasteiger charge is 2.25. The van der Waals surface area contributed by atoms with E-state index in [0.717, 1.165) is 30.8 Å². The van der Waals surface area contributed by atoms with Crippen molar-refractivity contribution in [1.29, 1.82) is 0 Å². The van der Waals surface area contributed by atoms with Crippen molar-refractivity contribution in [1.82, 2.24) is 14.6 Å². The molecule has 6 heteroatoms. The Kier molecular flexibility index (Phi) is 3.87. The molecule has 5 nitrogen and oxygen atoms in total. The lowest BCUT2D eigenvalue weighted by atomic mass is 9.89. The third kappa shape index (κ3) is 2.71. The number of halogens is 1. The summed E-state index contributed by atoms with van der Waals surface area (Å²) < 4.78 is 1.76. The van der Waals surface area contributed by atoms with Crippen molar-refractivity contribution in [3.63, 3.8) is 0 Å². The van der Waals surface area contributed by atoms with Gasteiger partial charge in [-0.2, -0.15) is 9.61 Å². The Hall–Kier alpha value is -1.59. The summed E-state index contributed by atoms with van der Waals surface area (Å²) >= 11 is 6.23. The van der Waals surface area contributed by atoms with Gasteiger partial charge in [-0.1, -0.05) is 31.5 Å². The number of anilines is 1. The van der Waals surface area contributed by atoms with Gasteiger partial charge in [-0.05, 0) is 19.3 Å². The minimum absolute atomic E-state index is 0.238. The van der Waals surface area contributed by atoms with Gasteiger partial charge in [0.05, 0.1) is 11.9 Å². The molecule has 118 valence electrons. The molecule has 0 unspecified atom stereocenters. The molecule has 3 rings (SSSR count).